The molecule has 1 aliphatic rings. The highest BCUT2D eigenvalue weighted by Gasteiger charge is 2.28. The lowest BCUT2D eigenvalue weighted by atomic mass is 10.1. The molecule has 138 valence electrons. The molecule has 0 bridgehead atoms. The van der Waals surface area contributed by atoms with Gasteiger partial charge in [-0.1, -0.05) is 18.2 Å². The molecule has 1 aromatic carbocycles. The highest BCUT2D eigenvalue weighted by Crippen LogP contribution is 2.19. The molecule has 0 unspecified atom stereocenters. The van der Waals surface area contributed by atoms with Gasteiger partial charge in [0.1, 0.15) is 0 Å². The van der Waals surface area contributed by atoms with Crippen molar-refractivity contribution < 1.29 is 19.4 Å². The summed E-state index contributed by atoms with van der Waals surface area (Å²) in [5.74, 6) is -1.14. The smallest absolute Gasteiger partial charge is 0.305 e. The number of aryl methyl sites for hydroxylation is 1. The summed E-state index contributed by atoms with van der Waals surface area (Å²) in [6.07, 6.45) is 1.34. The molecule has 1 saturated heterocycles. The van der Waals surface area contributed by atoms with E-state index in [9.17, 15) is 9.59 Å². The van der Waals surface area contributed by atoms with Crippen molar-refractivity contribution in [2.24, 2.45) is 0 Å². The summed E-state index contributed by atoms with van der Waals surface area (Å²) in [6.45, 7) is 3.24. The average Bonchev–Trinajstić information content (AvgIpc) is 3.05. The van der Waals surface area contributed by atoms with Crippen LogP contribution in [0.5, 0.6) is 0 Å². The lowest BCUT2D eigenvalue weighted by Gasteiger charge is -2.33. The Balaban J connectivity index is 1.85. The second-order valence-corrected chi connectivity index (χ2v) is 6.40. The molecule has 1 N–H and O–H groups in total. The number of carboxylic acid groups (broad SMARTS) is 1. The minimum atomic E-state index is -0.916. The number of benzene rings is 1. The number of para-hydroxylation sites is 1. The molecule has 3 rings (SSSR count). The highest BCUT2D eigenvalue weighted by molar-refractivity contribution is 5.93. The number of carboxylic acids is 1. The van der Waals surface area contributed by atoms with Crippen molar-refractivity contribution in [3.8, 4) is 5.69 Å². The molecule has 1 aromatic heterocycles. The van der Waals surface area contributed by atoms with Gasteiger partial charge in [-0.25, -0.2) is 4.68 Å². The normalized spacial score (nSPS) is 15.0. The molecule has 0 radical (unpaired) electrons. The molecule has 2 aromatic rings. The number of carbonyl (C=O) groups excluding carboxylic acids is 1. The van der Waals surface area contributed by atoms with E-state index in [1.165, 1.54) is 0 Å². The minimum Gasteiger partial charge on any atom is -0.481 e. The monoisotopic (exact) mass is 357 g/mol. The largest absolute Gasteiger partial charge is 0.481 e. The molecule has 1 aliphatic heterocycles. The van der Waals surface area contributed by atoms with E-state index in [2.05, 4.69) is 5.10 Å². The minimum absolute atomic E-state index is 0.0159. The van der Waals surface area contributed by atoms with E-state index >= 15 is 0 Å². The predicted octanol–water partition coefficient (Wildman–Crippen LogP) is 2.28. The van der Waals surface area contributed by atoms with Crippen molar-refractivity contribution in [2.45, 2.75) is 32.2 Å². The van der Waals surface area contributed by atoms with E-state index in [1.807, 2.05) is 37.3 Å². The van der Waals surface area contributed by atoms with Gasteiger partial charge >= 0.3 is 5.97 Å². The van der Waals surface area contributed by atoms with Crippen LogP contribution in [0.3, 0.4) is 0 Å². The van der Waals surface area contributed by atoms with Gasteiger partial charge in [0, 0.05) is 31.5 Å². The molecule has 1 fully saturated rings. The van der Waals surface area contributed by atoms with Crippen LogP contribution in [0.4, 0.5) is 0 Å². The molecule has 7 heteroatoms. The van der Waals surface area contributed by atoms with Crippen molar-refractivity contribution >= 4 is 11.9 Å². The zero-order valence-corrected chi connectivity index (χ0v) is 14.8. The van der Waals surface area contributed by atoms with E-state index in [-0.39, 0.29) is 24.9 Å². The Kier molecular flexibility index (Phi) is 5.68. The lowest BCUT2D eigenvalue weighted by Crippen LogP contribution is -2.44. The molecular weight excluding hydrogens is 334 g/mol. The SMILES string of the molecule is Cc1cc(C(=O)N(CCC(=O)O)C2CCOCC2)nn1-c1ccccc1. The van der Waals surface area contributed by atoms with E-state index in [0.29, 0.717) is 31.7 Å². The van der Waals surface area contributed by atoms with Gasteiger partial charge < -0.3 is 14.7 Å². The van der Waals surface area contributed by atoms with Gasteiger partial charge in [-0.3, -0.25) is 9.59 Å². The number of amides is 1. The van der Waals surface area contributed by atoms with Crippen LogP contribution in [0, 0.1) is 6.92 Å². The van der Waals surface area contributed by atoms with Crippen molar-refractivity contribution in [3.63, 3.8) is 0 Å². The van der Waals surface area contributed by atoms with Crippen LogP contribution in [0.1, 0.15) is 35.4 Å². The van der Waals surface area contributed by atoms with Crippen LogP contribution in [0.15, 0.2) is 36.4 Å². The van der Waals surface area contributed by atoms with Crippen LogP contribution in [-0.4, -0.2) is 57.5 Å². The molecule has 0 saturated carbocycles. The third-order valence-corrected chi connectivity index (χ3v) is 4.57. The van der Waals surface area contributed by atoms with Gasteiger partial charge in [0.25, 0.3) is 5.91 Å². The van der Waals surface area contributed by atoms with E-state index in [4.69, 9.17) is 9.84 Å². The van der Waals surface area contributed by atoms with Gasteiger partial charge in [-0.2, -0.15) is 5.10 Å². The summed E-state index contributed by atoms with van der Waals surface area (Å²) in [7, 11) is 0. The number of ether oxygens (including phenoxy) is 1. The van der Waals surface area contributed by atoms with Crippen LogP contribution < -0.4 is 0 Å². The zero-order valence-electron chi connectivity index (χ0n) is 14.8. The van der Waals surface area contributed by atoms with Gasteiger partial charge in [-0.05, 0) is 38.0 Å². The summed E-state index contributed by atoms with van der Waals surface area (Å²) in [4.78, 5) is 25.7. The second kappa shape index (κ2) is 8.14. The number of hydrogen-bond acceptors (Lipinski definition) is 4. The predicted molar refractivity (Wildman–Crippen MR) is 95.4 cm³/mol. The molecule has 1 amide bonds. The first-order chi connectivity index (χ1) is 12.6. The number of hydrogen-bond donors (Lipinski definition) is 1. The molecule has 2 heterocycles. The van der Waals surface area contributed by atoms with Crippen molar-refractivity contribution in [2.75, 3.05) is 19.8 Å². The van der Waals surface area contributed by atoms with Crippen molar-refractivity contribution in [3.05, 3.63) is 47.8 Å². The number of carbonyl (C=O) groups is 2. The second-order valence-electron chi connectivity index (χ2n) is 6.40. The van der Waals surface area contributed by atoms with Gasteiger partial charge in [0.05, 0.1) is 12.1 Å². The van der Waals surface area contributed by atoms with Gasteiger partial charge in [-0.15, -0.1) is 0 Å². The Hall–Kier alpha value is -2.67. The number of rotatable bonds is 6. The molecule has 7 nitrogen and oxygen atoms in total. The third kappa shape index (κ3) is 4.11. The van der Waals surface area contributed by atoms with Crippen molar-refractivity contribution in [1.82, 2.24) is 14.7 Å². The summed E-state index contributed by atoms with van der Waals surface area (Å²) in [5, 5.41) is 13.5. The zero-order chi connectivity index (χ0) is 18.5. The summed E-state index contributed by atoms with van der Waals surface area (Å²) < 4.78 is 7.10. The molecular formula is C19H23N3O4. The lowest BCUT2D eigenvalue weighted by molar-refractivity contribution is -0.137. The third-order valence-electron chi connectivity index (χ3n) is 4.57. The van der Waals surface area contributed by atoms with Gasteiger partial charge in [0.2, 0.25) is 0 Å². The molecule has 0 spiro atoms. The molecule has 26 heavy (non-hydrogen) atoms. The fourth-order valence-corrected chi connectivity index (χ4v) is 3.22. The van der Waals surface area contributed by atoms with Crippen LogP contribution >= 0.6 is 0 Å². The van der Waals surface area contributed by atoms with Crippen LogP contribution in [-0.2, 0) is 9.53 Å². The van der Waals surface area contributed by atoms with E-state index < -0.39 is 5.97 Å². The van der Waals surface area contributed by atoms with Crippen molar-refractivity contribution in [1.29, 1.82) is 0 Å². The topological polar surface area (TPSA) is 84.7 Å². The van der Waals surface area contributed by atoms with Crippen LogP contribution in [0.25, 0.3) is 5.69 Å². The fourth-order valence-electron chi connectivity index (χ4n) is 3.22. The first-order valence-electron chi connectivity index (χ1n) is 8.79. The quantitative estimate of drug-likeness (QED) is 0.857. The summed E-state index contributed by atoms with van der Waals surface area (Å²) in [5.41, 5.74) is 2.07. The number of nitrogens with zero attached hydrogens (tertiary/aromatic N) is 3. The Bertz CT molecular complexity index is 766. The van der Waals surface area contributed by atoms with Crippen LogP contribution in [0.2, 0.25) is 0 Å². The summed E-state index contributed by atoms with van der Waals surface area (Å²) in [6, 6.07) is 11.3. The van der Waals surface area contributed by atoms with E-state index in [1.54, 1.807) is 15.6 Å². The number of aliphatic carboxylic acids is 1. The number of aromatic nitrogens is 2. The average molecular weight is 357 g/mol. The molecule has 0 aliphatic carbocycles. The Morgan fingerprint density at radius 3 is 2.62 bits per heavy atom. The Morgan fingerprint density at radius 2 is 1.96 bits per heavy atom. The van der Waals surface area contributed by atoms with E-state index in [0.717, 1.165) is 11.4 Å². The standard InChI is InChI=1S/C19H23N3O4/c1-14-13-17(20-22(14)16-5-3-2-4-6-16)19(25)21(10-7-18(23)24)15-8-11-26-12-9-15/h2-6,13,15H,7-12H2,1H3,(H,23,24). The maximum Gasteiger partial charge on any atom is 0.305 e. The fraction of sp³-hybridized carbons (Fsp3) is 0.421. The summed E-state index contributed by atoms with van der Waals surface area (Å²) >= 11 is 0. The maximum absolute atomic E-state index is 13.1. The van der Waals surface area contributed by atoms with Gasteiger partial charge in [0.15, 0.2) is 5.69 Å². The highest BCUT2D eigenvalue weighted by atomic mass is 16.5. The molecule has 0 atom stereocenters. The Labute approximate surface area is 152 Å². The first kappa shape index (κ1) is 18.1. The first-order valence-corrected chi connectivity index (χ1v) is 8.79. The maximum atomic E-state index is 13.1. The Morgan fingerprint density at radius 1 is 1.27 bits per heavy atom.